The fourth-order valence-corrected chi connectivity index (χ4v) is 4.29. The van der Waals surface area contributed by atoms with Crippen LogP contribution in [0.25, 0.3) is 5.76 Å². The van der Waals surface area contributed by atoms with Gasteiger partial charge < -0.3 is 10.2 Å². The zero-order chi connectivity index (χ0) is 24.8. The summed E-state index contributed by atoms with van der Waals surface area (Å²) in [7, 11) is 0. The lowest BCUT2D eigenvalue weighted by atomic mass is 9.84. The van der Waals surface area contributed by atoms with Crippen molar-refractivity contribution in [3.8, 4) is 5.75 Å². The summed E-state index contributed by atoms with van der Waals surface area (Å²) in [6.45, 7) is 8.05. The quantitative estimate of drug-likeness (QED) is 0.265. The number of rotatable bonds is 3. The maximum atomic E-state index is 13.3. The number of aliphatic hydroxyl groups excluding tert-OH is 1. The Morgan fingerprint density at radius 2 is 1.56 bits per heavy atom. The number of hydrogen-bond donors (Lipinski definition) is 2. The second kappa shape index (κ2) is 8.65. The minimum absolute atomic E-state index is 0.000186. The van der Waals surface area contributed by atoms with E-state index < -0.39 is 17.7 Å². The molecule has 3 aromatic rings. The van der Waals surface area contributed by atoms with Crippen LogP contribution in [0.3, 0.4) is 0 Å². The number of aliphatic hydroxyl groups is 1. The van der Waals surface area contributed by atoms with Gasteiger partial charge in [-0.2, -0.15) is 0 Å². The van der Waals surface area contributed by atoms with Gasteiger partial charge in [-0.05, 0) is 71.5 Å². The third-order valence-corrected chi connectivity index (χ3v) is 6.37. The number of amides is 1. The molecular formula is C28H26ClNO4. The number of halogens is 1. The molecule has 1 unspecified atom stereocenters. The Balaban J connectivity index is 1.97. The van der Waals surface area contributed by atoms with Gasteiger partial charge in [-0.3, -0.25) is 14.5 Å². The Morgan fingerprint density at radius 3 is 2.15 bits per heavy atom. The predicted octanol–water partition coefficient (Wildman–Crippen LogP) is 6.28. The number of phenolic OH excluding ortho intramolecular Hbond substituents is 1. The SMILES string of the molecule is Cc1ccc(C(C)(C)C)cc1/C(O)=C1\C(=O)C(=O)N(c2ccc(Cl)cc2)C1c1ccc(O)cc1. The standard InChI is InChI=1S/C28H26ClNO4/c1-16-5-8-18(28(2,3)4)15-22(16)25(32)23-24(17-6-13-21(31)14-7-17)30(27(34)26(23)33)20-11-9-19(29)10-12-20/h5-15,24,31-32H,1-4H3/b25-23+. The lowest BCUT2D eigenvalue weighted by Crippen LogP contribution is -2.29. The summed E-state index contributed by atoms with van der Waals surface area (Å²) in [6.07, 6.45) is 0. The monoisotopic (exact) mass is 475 g/mol. The first-order chi connectivity index (χ1) is 16.0. The topological polar surface area (TPSA) is 77.8 Å². The molecule has 0 aromatic heterocycles. The van der Waals surface area contributed by atoms with Crippen LogP contribution in [0.5, 0.6) is 5.75 Å². The van der Waals surface area contributed by atoms with Crippen molar-refractivity contribution in [1.29, 1.82) is 0 Å². The summed E-state index contributed by atoms with van der Waals surface area (Å²) in [4.78, 5) is 27.9. The highest BCUT2D eigenvalue weighted by atomic mass is 35.5. The fourth-order valence-electron chi connectivity index (χ4n) is 4.16. The van der Waals surface area contributed by atoms with Crippen molar-refractivity contribution in [3.05, 3.63) is 99.6 Å². The molecule has 1 heterocycles. The highest BCUT2D eigenvalue weighted by Gasteiger charge is 2.47. The van der Waals surface area contributed by atoms with Gasteiger partial charge >= 0.3 is 0 Å². The largest absolute Gasteiger partial charge is 0.508 e. The number of aryl methyl sites for hydroxylation is 1. The Labute approximate surface area is 203 Å². The zero-order valence-corrected chi connectivity index (χ0v) is 20.2. The molecule has 6 heteroatoms. The van der Waals surface area contributed by atoms with E-state index in [4.69, 9.17) is 11.6 Å². The molecule has 34 heavy (non-hydrogen) atoms. The van der Waals surface area contributed by atoms with E-state index in [0.717, 1.165) is 11.1 Å². The third kappa shape index (κ3) is 4.19. The van der Waals surface area contributed by atoms with Gasteiger partial charge in [0, 0.05) is 16.3 Å². The highest BCUT2D eigenvalue weighted by molar-refractivity contribution is 6.51. The second-order valence-corrected chi connectivity index (χ2v) is 9.95. The number of hydrogen-bond acceptors (Lipinski definition) is 4. The Kier molecular flexibility index (Phi) is 6.00. The summed E-state index contributed by atoms with van der Waals surface area (Å²) in [5.41, 5.74) is 3.17. The molecule has 0 saturated carbocycles. The molecule has 2 N–H and O–H groups in total. The number of carbonyl (C=O) groups excluding carboxylic acids is 2. The average Bonchev–Trinajstić information content (AvgIpc) is 3.04. The van der Waals surface area contributed by atoms with Gasteiger partial charge in [0.25, 0.3) is 11.7 Å². The smallest absolute Gasteiger partial charge is 0.300 e. The molecule has 0 bridgehead atoms. The van der Waals surface area contributed by atoms with Crippen molar-refractivity contribution >= 4 is 34.7 Å². The van der Waals surface area contributed by atoms with E-state index in [-0.39, 0.29) is 22.5 Å². The predicted molar refractivity (Wildman–Crippen MR) is 134 cm³/mol. The first-order valence-electron chi connectivity index (χ1n) is 11.0. The fraction of sp³-hybridized carbons (Fsp3) is 0.214. The van der Waals surface area contributed by atoms with Crippen molar-refractivity contribution in [3.63, 3.8) is 0 Å². The maximum absolute atomic E-state index is 13.3. The molecule has 4 rings (SSSR count). The van der Waals surface area contributed by atoms with Crippen LogP contribution in [-0.2, 0) is 15.0 Å². The van der Waals surface area contributed by atoms with E-state index in [0.29, 0.717) is 21.8 Å². The average molecular weight is 476 g/mol. The normalized spacial score (nSPS) is 17.9. The minimum atomic E-state index is -0.875. The van der Waals surface area contributed by atoms with E-state index in [1.807, 2.05) is 25.1 Å². The molecule has 0 radical (unpaired) electrons. The lowest BCUT2D eigenvalue weighted by molar-refractivity contribution is -0.132. The van der Waals surface area contributed by atoms with Crippen molar-refractivity contribution in [2.45, 2.75) is 39.2 Å². The van der Waals surface area contributed by atoms with Crippen LogP contribution in [0.4, 0.5) is 5.69 Å². The van der Waals surface area contributed by atoms with Crippen LogP contribution in [-0.4, -0.2) is 21.9 Å². The Hall–Kier alpha value is -3.57. The van der Waals surface area contributed by atoms with E-state index in [1.54, 1.807) is 36.4 Å². The molecule has 3 aromatic carbocycles. The van der Waals surface area contributed by atoms with Crippen molar-refractivity contribution in [2.75, 3.05) is 4.90 Å². The number of carbonyl (C=O) groups is 2. The van der Waals surface area contributed by atoms with Crippen LogP contribution in [0.15, 0.2) is 72.3 Å². The van der Waals surface area contributed by atoms with Gasteiger partial charge in [-0.15, -0.1) is 0 Å². The molecule has 0 spiro atoms. The van der Waals surface area contributed by atoms with E-state index in [2.05, 4.69) is 20.8 Å². The number of Topliss-reactive ketones (excluding diaryl/α,β-unsaturated/α-hetero) is 1. The Morgan fingerprint density at radius 1 is 0.941 bits per heavy atom. The molecule has 1 fully saturated rings. The summed E-state index contributed by atoms with van der Waals surface area (Å²) < 4.78 is 0. The van der Waals surface area contributed by atoms with Crippen LogP contribution < -0.4 is 4.90 Å². The van der Waals surface area contributed by atoms with Gasteiger partial charge in [0.1, 0.15) is 11.5 Å². The van der Waals surface area contributed by atoms with Gasteiger partial charge in [0.15, 0.2) is 0 Å². The number of ketones is 1. The van der Waals surface area contributed by atoms with E-state index >= 15 is 0 Å². The van der Waals surface area contributed by atoms with E-state index in [1.165, 1.54) is 17.0 Å². The Bertz CT molecular complexity index is 1300. The number of anilines is 1. The lowest BCUT2D eigenvalue weighted by Gasteiger charge is -2.26. The first kappa shape index (κ1) is 23.6. The van der Waals surface area contributed by atoms with Crippen LogP contribution in [0.2, 0.25) is 5.02 Å². The molecule has 1 aliphatic heterocycles. The second-order valence-electron chi connectivity index (χ2n) is 9.52. The minimum Gasteiger partial charge on any atom is -0.508 e. The van der Waals surface area contributed by atoms with Crippen molar-refractivity contribution < 1.29 is 19.8 Å². The van der Waals surface area contributed by atoms with Gasteiger partial charge in [-0.1, -0.05) is 56.6 Å². The molecule has 1 aliphatic rings. The molecule has 5 nitrogen and oxygen atoms in total. The summed E-state index contributed by atoms with van der Waals surface area (Å²) in [5.74, 6) is -1.69. The summed E-state index contributed by atoms with van der Waals surface area (Å²) in [5, 5.41) is 21.8. The van der Waals surface area contributed by atoms with Crippen LogP contribution in [0, 0.1) is 6.92 Å². The number of nitrogens with zero attached hydrogens (tertiary/aromatic N) is 1. The number of aromatic hydroxyl groups is 1. The van der Waals surface area contributed by atoms with Gasteiger partial charge in [-0.25, -0.2) is 0 Å². The van der Waals surface area contributed by atoms with Crippen molar-refractivity contribution in [1.82, 2.24) is 0 Å². The number of benzene rings is 3. The molecule has 174 valence electrons. The van der Waals surface area contributed by atoms with E-state index in [9.17, 15) is 19.8 Å². The molecule has 0 aliphatic carbocycles. The zero-order valence-electron chi connectivity index (χ0n) is 19.5. The van der Waals surface area contributed by atoms with Crippen molar-refractivity contribution in [2.24, 2.45) is 0 Å². The number of phenols is 1. The van der Waals surface area contributed by atoms with Crippen LogP contribution in [0.1, 0.15) is 49.1 Å². The summed E-state index contributed by atoms with van der Waals surface area (Å²) >= 11 is 6.03. The van der Waals surface area contributed by atoms with Gasteiger partial charge in [0.05, 0.1) is 11.6 Å². The molecular weight excluding hydrogens is 450 g/mol. The summed E-state index contributed by atoms with van der Waals surface area (Å²) in [6, 6.07) is 17.7. The highest BCUT2D eigenvalue weighted by Crippen LogP contribution is 2.43. The van der Waals surface area contributed by atoms with Crippen LogP contribution >= 0.6 is 11.6 Å². The first-order valence-corrected chi connectivity index (χ1v) is 11.3. The third-order valence-electron chi connectivity index (χ3n) is 6.12. The van der Waals surface area contributed by atoms with Gasteiger partial charge in [0.2, 0.25) is 0 Å². The molecule has 1 saturated heterocycles. The maximum Gasteiger partial charge on any atom is 0.300 e. The molecule has 1 amide bonds. The molecule has 1 atom stereocenters.